The van der Waals surface area contributed by atoms with Gasteiger partial charge in [0.25, 0.3) is 5.22 Å². The lowest BCUT2D eigenvalue weighted by Gasteiger charge is -2.12. The molecule has 1 aliphatic rings. The molecule has 17 heavy (non-hydrogen) atoms. The number of hydrogen-bond acceptors (Lipinski definition) is 6. The molecule has 0 spiro atoms. The molecule has 1 unspecified atom stereocenters. The van der Waals surface area contributed by atoms with Gasteiger partial charge in [0.15, 0.2) is 0 Å². The average Bonchev–Trinajstić information content (AvgIpc) is 2.79. The van der Waals surface area contributed by atoms with E-state index in [-0.39, 0.29) is 5.89 Å². The van der Waals surface area contributed by atoms with Gasteiger partial charge in [-0.15, -0.1) is 5.10 Å². The topological polar surface area (TPSA) is 65.2 Å². The number of rotatable bonds is 4. The lowest BCUT2D eigenvalue weighted by Crippen LogP contribution is -2.04. The van der Waals surface area contributed by atoms with Crippen molar-refractivity contribution in [3.63, 3.8) is 0 Å². The fourth-order valence-electron chi connectivity index (χ4n) is 1.54. The third-order valence-electron chi connectivity index (χ3n) is 2.32. The average molecular weight is 254 g/mol. The van der Waals surface area contributed by atoms with Gasteiger partial charge in [-0.25, -0.2) is 4.79 Å². The predicted octanol–water partition coefficient (Wildman–Crippen LogP) is 2.45. The van der Waals surface area contributed by atoms with Gasteiger partial charge in [-0.3, -0.25) is 0 Å². The van der Waals surface area contributed by atoms with E-state index in [1.54, 1.807) is 6.92 Å². The fraction of sp³-hybridized carbons (Fsp3) is 0.545. The summed E-state index contributed by atoms with van der Waals surface area (Å²) in [4.78, 5) is 11.3. The first-order chi connectivity index (χ1) is 8.29. The maximum atomic E-state index is 11.3. The molecule has 1 aromatic rings. The van der Waals surface area contributed by atoms with Crippen molar-refractivity contribution in [2.45, 2.75) is 36.7 Å². The molecule has 0 aliphatic heterocycles. The standard InChI is InChI=1S/C11H14N2O3S/c1-2-15-10(14)9-12-13-11(16-9)17-8-6-4-3-5-7-8/h4,6,8H,2-3,5,7H2,1H3. The van der Waals surface area contributed by atoms with Crippen LogP contribution in [0, 0.1) is 0 Å². The van der Waals surface area contributed by atoms with Gasteiger partial charge >= 0.3 is 11.9 Å². The van der Waals surface area contributed by atoms with Crippen LogP contribution in [0.25, 0.3) is 0 Å². The van der Waals surface area contributed by atoms with Crippen LogP contribution in [0.2, 0.25) is 0 Å². The Kier molecular flexibility index (Phi) is 4.19. The molecular weight excluding hydrogens is 240 g/mol. The molecule has 0 saturated carbocycles. The van der Waals surface area contributed by atoms with Gasteiger partial charge in [0.2, 0.25) is 0 Å². The number of allylic oxidation sites excluding steroid dienone is 1. The fourth-order valence-corrected chi connectivity index (χ4v) is 2.49. The third kappa shape index (κ3) is 3.33. The molecule has 1 heterocycles. The lowest BCUT2D eigenvalue weighted by atomic mass is 10.1. The van der Waals surface area contributed by atoms with Crippen LogP contribution >= 0.6 is 11.8 Å². The van der Waals surface area contributed by atoms with E-state index < -0.39 is 5.97 Å². The summed E-state index contributed by atoms with van der Waals surface area (Å²) in [6, 6.07) is 0. The second-order valence-electron chi connectivity index (χ2n) is 3.61. The van der Waals surface area contributed by atoms with Crippen LogP contribution in [0.4, 0.5) is 0 Å². The van der Waals surface area contributed by atoms with E-state index in [9.17, 15) is 4.79 Å². The van der Waals surface area contributed by atoms with Gasteiger partial charge in [-0.05, 0) is 26.2 Å². The molecule has 0 fully saturated rings. The smallest absolute Gasteiger partial charge is 0.396 e. The molecule has 2 rings (SSSR count). The van der Waals surface area contributed by atoms with Crippen molar-refractivity contribution >= 4 is 17.7 Å². The molecule has 1 aromatic heterocycles. The Morgan fingerprint density at radius 2 is 2.53 bits per heavy atom. The van der Waals surface area contributed by atoms with E-state index in [1.165, 1.54) is 18.2 Å². The zero-order chi connectivity index (χ0) is 12.1. The van der Waals surface area contributed by atoms with Crippen molar-refractivity contribution in [1.29, 1.82) is 0 Å². The molecular formula is C11H14N2O3S. The van der Waals surface area contributed by atoms with Gasteiger partial charge in [0, 0.05) is 5.25 Å². The quantitative estimate of drug-likeness (QED) is 0.607. The highest BCUT2D eigenvalue weighted by Gasteiger charge is 2.19. The zero-order valence-corrected chi connectivity index (χ0v) is 10.4. The number of hydrogen-bond donors (Lipinski definition) is 0. The van der Waals surface area contributed by atoms with E-state index in [1.807, 2.05) is 0 Å². The third-order valence-corrected chi connectivity index (χ3v) is 3.38. The van der Waals surface area contributed by atoms with Crippen molar-refractivity contribution in [2.75, 3.05) is 6.61 Å². The Hall–Kier alpha value is -1.30. The molecule has 0 bridgehead atoms. The summed E-state index contributed by atoms with van der Waals surface area (Å²) in [7, 11) is 0. The molecule has 0 N–H and O–H groups in total. The summed E-state index contributed by atoms with van der Waals surface area (Å²) in [6.45, 7) is 2.03. The van der Waals surface area contributed by atoms with E-state index in [0.717, 1.165) is 12.8 Å². The van der Waals surface area contributed by atoms with E-state index >= 15 is 0 Å². The number of esters is 1. The summed E-state index contributed by atoms with van der Waals surface area (Å²) < 4.78 is 10.0. The molecule has 1 atom stereocenters. The Balaban J connectivity index is 1.95. The minimum absolute atomic E-state index is 0.0749. The number of carbonyl (C=O) groups excluding carboxylic acids is 1. The maximum Gasteiger partial charge on any atom is 0.396 e. The SMILES string of the molecule is CCOC(=O)c1nnc(SC2C=CCCC2)o1. The number of carbonyl (C=O) groups is 1. The minimum Gasteiger partial charge on any atom is -0.459 e. The van der Waals surface area contributed by atoms with Crippen molar-refractivity contribution in [1.82, 2.24) is 10.2 Å². The molecule has 5 nitrogen and oxygen atoms in total. The first kappa shape index (κ1) is 12.2. The van der Waals surface area contributed by atoms with Gasteiger partial charge < -0.3 is 9.15 Å². The first-order valence-corrected chi connectivity index (χ1v) is 6.51. The summed E-state index contributed by atoms with van der Waals surface area (Å²) in [5.74, 6) is -0.639. The summed E-state index contributed by atoms with van der Waals surface area (Å²) in [6.07, 6.45) is 7.70. The molecule has 0 aromatic carbocycles. The number of thioether (sulfide) groups is 1. The minimum atomic E-state index is -0.564. The molecule has 0 amide bonds. The molecule has 6 heteroatoms. The summed E-state index contributed by atoms with van der Waals surface area (Å²) in [5.41, 5.74) is 0. The largest absolute Gasteiger partial charge is 0.459 e. The van der Waals surface area contributed by atoms with Crippen LogP contribution in [0.5, 0.6) is 0 Å². The van der Waals surface area contributed by atoms with E-state index in [2.05, 4.69) is 22.3 Å². The van der Waals surface area contributed by atoms with Crippen molar-refractivity contribution < 1.29 is 13.9 Å². The second-order valence-corrected chi connectivity index (χ2v) is 4.80. The van der Waals surface area contributed by atoms with Crippen LogP contribution in [0.1, 0.15) is 36.9 Å². The summed E-state index contributed by atoms with van der Waals surface area (Å²) in [5, 5.41) is 8.27. The number of nitrogens with zero attached hydrogens (tertiary/aromatic N) is 2. The highest BCUT2D eigenvalue weighted by molar-refractivity contribution is 7.99. The van der Waals surface area contributed by atoms with Crippen LogP contribution < -0.4 is 0 Å². The van der Waals surface area contributed by atoms with Gasteiger partial charge in [0.05, 0.1) is 6.61 Å². The lowest BCUT2D eigenvalue weighted by molar-refractivity contribution is 0.0475. The molecule has 0 saturated heterocycles. The Bertz CT molecular complexity index is 417. The molecule has 0 radical (unpaired) electrons. The monoisotopic (exact) mass is 254 g/mol. The van der Waals surface area contributed by atoms with E-state index in [0.29, 0.717) is 17.1 Å². The first-order valence-electron chi connectivity index (χ1n) is 5.63. The number of aromatic nitrogens is 2. The predicted molar refractivity (Wildman–Crippen MR) is 62.9 cm³/mol. The van der Waals surface area contributed by atoms with Crippen molar-refractivity contribution in [2.24, 2.45) is 0 Å². The highest BCUT2D eigenvalue weighted by atomic mass is 32.2. The normalized spacial score (nSPS) is 19.2. The van der Waals surface area contributed by atoms with Crippen LogP contribution in [-0.2, 0) is 4.74 Å². The Morgan fingerprint density at radius 3 is 3.24 bits per heavy atom. The van der Waals surface area contributed by atoms with Crippen LogP contribution in [-0.4, -0.2) is 28.0 Å². The van der Waals surface area contributed by atoms with E-state index in [4.69, 9.17) is 9.15 Å². The van der Waals surface area contributed by atoms with Gasteiger partial charge in [-0.1, -0.05) is 29.0 Å². The van der Waals surface area contributed by atoms with Crippen LogP contribution in [0.3, 0.4) is 0 Å². The van der Waals surface area contributed by atoms with Crippen LogP contribution in [0.15, 0.2) is 21.8 Å². The van der Waals surface area contributed by atoms with Gasteiger partial charge in [-0.2, -0.15) is 0 Å². The van der Waals surface area contributed by atoms with Crippen molar-refractivity contribution in [3.05, 3.63) is 18.0 Å². The molecule has 1 aliphatic carbocycles. The highest BCUT2D eigenvalue weighted by Crippen LogP contribution is 2.29. The maximum absolute atomic E-state index is 11.3. The Morgan fingerprint density at radius 1 is 1.65 bits per heavy atom. The van der Waals surface area contributed by atoms with Crippen molar-refractivity contribution in [3.8, 4) is 0 Å². The molecule has 92 valence electrons. The summed E-state index contributed by atoms with van der Waals surface area (Å²) >= 11 is 1.49. The second kappa shape index (κ2) is 5.86. The number of ether oxygens (including phenoxy) is 1. The zero-order valence-electron chi connectivity index (χ0n) is 9.59. The Labute approximate surface area is 104 Å². The van der Waals surface area contributed by atoms with Gasteiger partial charge in [0.1, 0.15) is 0 Å².